The van der Waals surface area contributed by atoms with Crippen LogP contribution in [-0.2, 0) is 9.47 Å². The minimum atomic E-state index is -0.456. The molecule has 0 saturated heterocycles. The van der Waals surface area contributed by atoms with Crippen LogP contribution in [0.4, 0.5) is 9.59 Å². The number of hydrogen-bond donors (Lipinski definition) is 3. The van der Waals surface area contributed by atoms with Crippen LogP contribution in [0.1, 0.15) is 92.9 Å². The van der Waals surface area contributed by atoms with Gasteiger partial charge in [-0.15, -0.1) is 0 Å². The van der Waals surface area contributed by atoms with E-state index in [2.05, 4.69) is 20.7 Å². The third kappa shape index (κ3) is 14.2. The molecule has 0 aliphatic heterocycles. The Kier molecular flexibility index (Phi) is 12.5. The first-order valence-corrected chi connectivity index (χ1v) is 12.4. The van der Waals surface area contributed by atoms with E-state index in [0.717, 1.165) is 51.4 Å². The molecule has 3 N–H and O–H groups in total. The molecular formula is C24H45N5O5. The molecule has 0 unspecified atom stereocenters. The summed E-state index contributed by atoms with van der Waals surface area (Å²) in [6.07, 6.45) is 6.97. The predicted molar refractivity (Wildman–Crippen MR) is 131 cm³/mol. The van der Waals surface area contributed by atoms with Gasteiger partial charge in [0.25, 0.3) is 0 Å². The fourth-order valence-electron chi connectivity index (χ4n) is 4.08. The van der Waals surface area contributed by atoms with Gasteiger partial charge in [-0.05, 0) is 110 Å². The van der Waals surface area contributed by atoms with Gasteiger partial charge in [0.05, 0.1) is 0 Å². The van der Waals surface area contributed by atoms with E-state index < -0.39 is 11.2 Å². The number of nitrogens with zero attached hydrogens (tertiary/aromatic N) is 3. The Morgan fingerprint density at radius 2 is 1.21 bits per heavy atom. The van der Waals surface area contributed by atoms with Crippen LogP contribution in [0, 0.1) is 11.8 Å². The van der Waals surface area contributed by atoms with Crippen LogP contribution >= 0.6 is 0 Å². The van der Waals surface area contributed by atoms with E-state index in [0.29, 0.717) is 18.4 Å². The van der Waals surface area contributed by atoms with E-state index in [1.54, 1.807) is 0 Å². The van der Waals surface area contributed by atoms with Crippen molar-refractivity contribution in [1.29, 1.82) is 0 Å². The normalized spacial score (nSPS) is 25.0. The van der Waals surface area contributed by atoms with Crippen molar-refractivity contribution in [3.63, 3.8) is 0 Å². The Bertz CT molecular complexity index is 666. The molecular weight excluding hydrogens is 438 g/mol. The van der Waals surface area contributed by atoms with Gasteiger partial charge in [0, 0.05) is 30.1 Å². The van der Waals surface area contributed by atoms with E-state index in [1.807, 2.05) is 41.5 Å². The fraction of sp³-hybridized carbons (Fsp3) is 0.917. The summed E-state index contributed by atoms with van der Waals surface area (Å²) >= 11 is 0. The lowest BCUT2D eigenvalue weighted by atomic mass is 9.86. The number of carbonyl (C=O) groups is 2. The molecule has 0 aromatic heterocycles. The number of rotatable bonds is 5. The highest BCUT2D eigenvalue weighted by molar-refractivity contribution is 5.68. The smallest absolute Gasteiger partial charge is 0.407 e. The Morgan fingerprint density at radius 1 is 0.824 bits per heavy atom. The van der Waals surface area contributed by atoms with Crippen molar-refractivity contribution < 1.29 is 24.2 Å². The molecule has 0 aromatic carbocycles. The van der Waals surface area contributed by atoms with Crippen LogP contribution in [0.25, 0.3) is 10.4 Å². The number of aliphatic hydroxyl groups excluding tert-OH is 1. The molecule has 2 fully saturated rings. The van der Waals surface area contributed by atoms with Gasteiger partial charge in [0.1, 0.15) is 11.2 Å². The molecule has 0 bridgehead atoms. The molecule has 0 spiro atoms. The first kappa shape index (κ1) is 29.8. The molecule has 2 saturated carbocycles. The average molecular weight is 484 g/mol. The van der Waals surface area contributed by atoms with Crippen molar-refractivity contribution in [2.24, 2.45) is 17.0 Å². The predicted octanol–water partition coefficient (Wildman–Crippen LogP) is 5.44. The van der Waals surface area contributed by atoms with Crippen molar-refractivity contribution >= 4 is 12.2 Å². The molecule has 10 nitrogen and oxygen atoms in total. The van der Waals surface area contributed by atoms with Gasteiger partial charge >= 0.3 is 12.2 Å². The number of nitrogens with one attached hydrogen (secondary N) is 2. The Hall–Kier alpha value is -2.19. The number of aliphatic hydroxyl groups is 1. The lowest BCUT2D eigenvalue weighted by Crippen LogP contribution is -2.41. The molecule has 10 heteroatoms. The first-order chi connectivity index (χ1) is 15.8. The fourth-order valence-corrected chi connectivity index (χ4v) is 4.08. The standard InChI is InChI=1S/C12H22N4O2.C12H23NO3/c1-12(2,3)18-11(17)15-10-6-4-9(5-7-10)8-14-16-13;1-12(2,3)16-11(15)13-10-6-4-9(8-14)5-7-10/h9-10H,4-8H2,1-3H3,(H,15,17);9-10,14H,4-8H2,1-3H3,(H,13,15). The number of hydrogen-bond acceptors (Lipinski definition) is 6. The third-order valence-electron chi connectivity index (χ3n) is 5.80. The minimum Gasteiger partial charge on any atom is -0.444 e. The third-order valence-corrected chi connectivity index (χ3v) is 5.80. The summed E-state index contributed by atoms with van der Waals surface area (Å²) in [6.45, 7) is 11.9. The van der Waals surface area contributed by atoms with E-state index in [9.17, 15) is 9.59 Å². The SMILES string of the molecule is CC(C)(C)OC(=O)NC1CCC(CN=[N+]=[N-])CC1.CC(C)(C)OC(=O)NC1CCC(CO)CC1. The summed E-state index contributed by atoms with van der Waals surface area (Å²) in [6, 6.07) is 0.389. The first-order valence-electron chi connectivity index (χ1n) is 12.4. The maximum Gasteiger partial charge on any atom is 0.407 e. The Morgan fingerprint density at radius 3 is 1.53 bits per heavy atom. The Balaban J connectivity index is 0.000000342. The van der Waals surface area contributed by atoms with E-state index in [4.69, 9.17) is 20.1 Å². The maximum absolute atomic E-state index is 11.6. The molecule has 0 aromatic rings. The molecule has 2 aliphatic rings. The second-order valence-electron chi connectivity index (χ2n) is 11.3. The van der Waals surface area contributed by atoms with E-state index in [-0.39, 0.29) is 30.9 Å². The summed E-state index contributed by atoms with van der Waals surface area (Å²) in [5, 5.41) is 18.4. The molecule has 0 heterocycles. The van der Waals surface area contributed by atoms with Crippen molar-refractivity contribution in [3.05, 3.63) is 10.4 Å². The van der Waals surface area contributed by atoms with Crippen molar-refractivity contribution in [2.45, 2.75) is 116 Å². The summed E-state index contributed by atoms with van der Waals surface area (Å²) in [7, 11) is 0. The summed E-state index contributed by atoms with van der Waals surface area (Å²) in [4.78, 5) is 25.8. The molecule has 0 radical (unpaired) electrons. The van der Waals surface area contributed by atoms with Gasteiger partial charge < -0.3 is 25.2 Å². The van der Waals surface area contributed by atoms with Crippen LogP contribution in [0.3, 0.4) is 0 Å². The largest absolute Gasteiger partial charge is 0.444 e. The van der Waals surface area contributed by atoms with Crippen LogP contribution in [0.15, 0.2) is 5.11 Å². The zero-order chi connectivity index (χ0) is 25.8. The summed E-state index contributed by atoms with van der Waals surface area (Å²) in [5.74, 6) is 0.870. The van der Waals surface area contributed by atoms with Gasteiger partial charge in [0.2, 0.25) is 0 Å². The van der Waals surface area contributed by atoms with Crippen molar-refractivity contribution in [2.75, 3.05) is 13.2 Å². The number of alkyl carbamates (subject to hydrolysis) is 2. The minimum absolute atomic E-state index is 0.183. The maximum atomic E-state index is 11.6. The number of carbonyl (C=O) groups excluding carboxylic acids is 2. The zero-order valence-corrected chi connectivity index (χ0v) is 21.8. The highest BCUT2D eigenvalue weighted by Crippen LogP contribution is 2.25. The van der Waals surface area contributed by atoms with Crippen LogP contribution in [0.5, 0.6) is 0 Å². The van der Waals surface area contributed by atoms with Gasteiger partial charge in [-0.1, -0.05) is 5.11 Å². The molecule has 2 aliphatic carbocycles. The monoisotopic (exact) mass is 483 g/mol. The lowest BCUT2D eigenvalue weighted by Gasteiger charge is -2.29. The van der Waals surface area contributed by atoms with Crippen LogP contribution in [-0.4, -0.2) is 53.7 Å². The second kappa shape index (κ2) is 14.3. The van der Waals surface area contributed by atoms with Crippen molar-refractivity contribution in [1.82, 2.24) is 10.6 Å². The quantitative estimate of drug-likeness (QED) is 0.271. The van der Waals surface area contributed by atoms with Crippen LogP contribution < -0.4 is 10.6 Å². The van der Waals surface area contributed by atoms with Crippen molar-refractivity contribution in [3.8, 4) is 0 Å². The van der Waals surface area contributed by atoms with Gasteiger partial charge in [-0.3, -0.25) is 0 Å². The average Bonchev–Trinajstić information content (AvgIpc) is 2.71. The number of ether oxygens (including phenoxy) is 2. The highest BCUT2D eigenvalue weighted by atomic mass is 16.6. The van der Waals surface area contributed by atoms with Gasteiger partial charge in [0.15, 0.2) is 0 Å². The topological polar surface area (TPSA) is 146 Å². The van der Waals surface area contributed by atoms with Gasteiger partial charge in [-0.2, -0.15) is 0 Å². The van der Waals surface area contributed by atoms with E-state index >= 15 is 0 Å². The second-order valence-corrected chi connectivity index (χ2v) is 11.3. The van der Waals surface area contributed by atoms with Gasteiger partial charge in [-0.25, -0.2) is 9.59 Å². The van der Waals surface area contributed by atoms with Crippen LogP contribution in [0.2, 0.25) is 0 Å². The molecule has 0 atom stereocenters. The zero-order valence-electron chi connectivity index (χ0n) is 21.8. The Labute approximate surface area is 204 Å². The number of amides is 2. The molecule has 2 amide bonds. The van der Waals surface area contributed by atoms with E-state index in [1.165, 1.54) is 0 Å². The molecule has 34 heavy (non-hydrogen) atoms. The molecule has 2 rings (SSSR count). The molecule has 196 valence electrons. The highest BCUT2D eigenvalue weighted by Gasteiger charge is 2.25. The summed E-state index contributed by atoms with van der Waals surface area (Å²) < 4.78 is 10.4. The number of azide groups is 1. The summed E-state index contributed by atoms with van der Waals surface area (Å²) in [5.41, 5.74) is 7.37. The lowest BCUT2D eigenvalue weighted by molar-refractivity contribution is 0.0472.